The Morgan fingerprint density at radius 2 is 1.95 bits per heavy atom. The van der Waals surface area contributed by atoms with E-state index in [4.69, 9.17) is 9.56 Å². The molecule has 6 nitrogen and oxygen atoms in total. The number of benzene rings is 1. The first-order chi connectivity index (χ1) is 9.88. The van der Waals surface area contributed by atoms with Gasteiger partial charge in [-0.1, -0.05) is 24.3 Å². The van der Waals surface area contributed by atoms with E-state index in [1.807, 2.05) is 31.2 Å². The number of amides is 1. The van der Waals surface area contributed by atoms with Crippen molar-refractivity contribution >= 4 is 15.9 Å². The largest absolute Gasteiger partial charge is 0.438 e. The second kappa shape index (κ2) is 6.11. The van der Waals surface area contributed by atoms with Gasteiger partial charge in [-0.3, -0.25) is 4.79 Å². The van der Waals surface area contributed by atoms with Crippen molar-refractivity contribution in [2.24, 2.45) is 5.14 Å². The van der Waals surface area contributed by atoms with E-state index in [1.54, 1.807) is 0 Å². The van der Waals surface area contributed by atoms with Crippen LogP contribution in [0.4, 0.5) is 0 Å². The summed E-state index contributed by atoms with van der Waals surface area (Å²) in [4.78, 5) is 11.8. The minimum atomic E-state index is -3.93. The van der Waals surface area contributed by atoms with Gasteiger partial charge in [0.05, 0.1) is 0 Å². The van der Waals surface area contributed by atoms with Crippen molar-refractivity contribution < 1.29 is 17.6 Å². The van der Waals surface area contributed by atoms with Gasteiger partial charge in [0, 0.05) is 6.54 Å². The molecule has 1 aromatic carbocycles. The molecular weight excluding hydrogens is 292 g/mol. The van der Waals surface area contributed by atoms with Crippen molar-refractivity contribution in [3.8, 4) is 0 Å². The number of sulfonamides is 1. The molecule has 0 saturated carbocycles. The molecule has 0 saturated heterocycles. The van der Waals surface area contributed by atoms with Gasteiger partial charge in [0.2, 0.25) is 5.09 Å². The Bertz CT molecular complexity index is 750. The van der Waals surface area contributed by atoms with Crippen LogP contribution in [0.3, 0.4) is 0 Å². The van der Waals surface area contributed by atoms with Crippen LogP contribution >= 0.6 is 0 Å². The third-order valence-corrected chi connectivity index (χ3v) is 3.81. The summed E-state index contributed by atoms with van der Waals surface area (Å²) < 4.78 is 27.0. The Morgan fingerprint density at radius 1 is 1.24 bits per heavy atom. The minimum absolute atomic E-state index is 0.0798. The van der Waals surface area contributed by atoms with Gasteiger partial charge in [-0.05, 0) is 36.6 Å². The fourth-order valence-corrected chi connectivity index (χ4v) is 2.35. The van der Waals surface area contributed by atoms with Crippen LogP contribution in [0.15, 0.2) is 45.9 Å². The molecule has 0 aliphatic carbocycles. The number of furan rings is 1. The highest BCUT2D eigenvalue weighted by molar-refractivity contribution is 7.89. The van der Waals surface area contributed by atoms with Crippen LogP contribution in [-0.4, -0.2) is 20.9 Å². The van der Waals surface area contributed by atoms with Crippen molar-refractivity contribution in [2.45, 2.75) is 18.4 Å². The molecule has 0 aliphatic heterocycles. The monoisotopic (exact) mass is 308 g/mol. The third kappa shape index (κ3) is 3.93. The van der Waals surface area contributed by atoms with Crippen LogP contribution in [0, 0.1) is 6.92 Å². The molecule has 1 aromatic heterocycles. The second-order valence-corrected chi connectivity index (χ2v) is 6.09. The molecule has 0 atom stereocenters. The zero-order chi connectivity index (χ0) is 15.5. The molecule has 0 unspecified atom stereocenters. The number of aryl methyl sites for hydroxylation is 1. The quantitative estimate of drug-likeness (QED) is 0.866. The average Bonchev–Trinajstić information content (AvgIpc) is 2.90. The lowest BCUT2D eigenvalue weighted by molar-refractivity contribution is 0.0921. The maximum atomic E-state index is 11.8. The van der Waals surface area contributed by atoms with Gasteiger partial charge in [0.15, 0.2) is 5.76 Å². The van der Waals surface area contributed by atoms with Crippen molar-refractivity contribution in [2.75, 3.05) is 6.54 Å². The summed E-state index contributed by atoms with van der Waals surface area (Å²) in [6.45, 7) is 2.43. The van der Waals surface area contributed by atoms with E-state index in [0.29, 0.717) is 13.0 Å². The summed E-state index contributed by atoms with van der Waals surface area (Å²) in [5.41, 5.74) is 2.30. The zero-order valence-electron chi connectivity index (χ0n) is 11.5. The van der Waals surface area contributed by atoms with Gasteiger partial charge in [-0.15, -0.1) is 0 Å². The standard InChI is InChI=1S/C14H16N2O4S/c1-10-4-2-3-5-11(10)8-9-16-14(17)12-6-7-13(20-12)21(15,18)19/h2-7H,8-9H2,1H3,(H,16,17)(H2,15,18,19). The highest BCUT2D eigenvalue weighted by atomic mass is 32.2. The predicted molar refractivity (Wildman–Crippen MR) is 77.3 cm³/mol. The topological polar surface area (TPSA) is 102 Å². The van der Waals surface area contributed by atoms with E-state index in [9.17, 15) is 13.2 Å². The van der Waals surface area contributed by atoms with Gasteiger partial charge in [0.25, 0.3) is 15.9 Å². The fourth-order valence-electron chi connectivity index (χ4n) is 1.88. The summed E-state index contributed by atoms with van der Waals surface area (Å²) in [7, 11) is -3.93. The van der Waals surface area contributed by atoms with E-state index in [1.165, 1.54) is 6.07 Å². The molecule has 2 aromatic rings. The highest BCUT2D eigenvalue weighted by Crippen LogP contribution is 2.12. The first kappa shape index (κ1) is 15.3. The summed E-state index contributed by atoms with van der Waals surface area (Å²) in [5, 5.41) is 7.16. The maximum absolute atomic E-state index is 11.8. The molecule has 3 N–H and O–H groups in total. The maximum Gasteiger partial charge on any atom is 0.287 e. The molecule has 0 spiro atoms. The molecule has 0 fully saturated rings. The molecule has 1 amide bonds. The Hall–Kier alpha value is -2.12. The highest BCUT2D eigenvalue weighted by Gasteiger charge is 2.17. The smallest absolute Gasteiger partial charge is 0.287 e. The zero-order valence-corrected chi connectivity index (χ0v) is 12.3. The molecule has 0 radical (unpaired) electrons. The van der Waals surface area contributed by atoms with Crippen LogP contribution in [-0.2, 0) is 16.4 Å². The Kier molecular flexibility index (Phi) is 4.44. The number of carbonyl (C=O) groups is 1. The van der Waals surface area contributed by atoms with Crippen LogP contribution < -0.4 is 10.5 Å². The first-order valence-electron chi connectivity index (χ1n) is 6.33. The summed E-state index contributed by atoms with van der Waals surface area (Å²) >= 11 is 0. The Labute approximate surface area is 123 Å². The predicted octanol–water partition coefficient (Wildman–Crippen LogP) is 1.21. The van der Waals surface area contributed by atoms with E-state index in [-0.39, 0.29) is 5.76 Å². The molecule has 0 aliphatic rings. The molecule has 0 bridgehead atoms. The first-order valence-corrected chi connectivity index (χ1v) is 7.88. The van der Waals surface area contributed by atoms with Crippen molar-refractivity contribution in [3.05, 3.63) is 53.3 Å². The lowest BCUT2D eigenvalue weighted by Crippen LogP contribution is -2.25. The molecule has 112 valence electrons. The summed E-state index contributed by atoms with van der Waals surface area (Å²) in [6.07, 6.45) is 0.682. The Balaban J connectivity index is 1.94. The minimum Gasteiger partial charge on any atom is -0.438 e. The number of rotatable bonds is 5. The van der Waals surface area contributed by atoms with Gasteiger partial charge < -0.3 is 9.73 Å². The average molecular weight is 308 g/mol. The van der Waals surface area contributed by atoms with E-state index < -0.39 is 21.0 Å². The van der Waals surface area contributed by atoms with Crippen LogP contribution in [0.2, 0.25) is 0 Å². The van der Waals surface area contributed by atoms with Crippen molar-refractivity contribution in [3.63, 3.8) is 0 Å². The molecular formula is C14H16N2O4S. The number of carbonyl (C=O) groups excluding carboxylic acids is 1. The van der Waals surface area contributed by atoms with Gasteiger partial charge in [0.1, 0.15) is 0 Å². The second-order valence-electron chi connectivity index (χ2n) is 4.60. The van der Waals surface area contributed by atoms with E-state index in [0.717, 1.165) is 17.2 Å². The van der Waals surface area contributed by atoms with Gasteiger partial charge in [-0.2, -0.15) is 0 Å². The van der Waals surface area contributed by atoms with Gasteiger partial charge in [-0.25, -0.2) is 13.6 Å². The van der Waals surface area contributed by atoms with Crippen LogP contribution in [0.5, 0.6) is 0 Å². The number of primary sulfonamides is 1. The summed E-state index contributed by atoms with van der Waals surface area (Å²) in [6, 6.07) is 10.3. The lowest BCUT2D eigenvalue weighted by Gasteiger charge is -2.06. The summed E-state index contributed by atoms with van der Waals surface area (Å²) in [5.74, 6) is -0.553. The number of hydrogen-bond donors (Lipinski definition) is 2. The molecule has 1 heterocycles. The Morgan fingerprint density at radius 3 is 2.57 bits per heavy atom. The lowest BCUT2D eigenvalue weighted by atomic mass is 10.1. The van der Waals surface area contributed by atoms with Crippen molar-refractivity contribution in [1.82, 2.24) is 5.32 Å². The van der Waals surface area contributed by atoms with Crippen LogP contribution in [0.1, 0.15) is 21.7 Å². The van der Waals surface area contributed by atoms with Gasteiger partial charge >= 0.3 is 0 Å². The molecule has 7 heteroatoms. The van der Waals surface area contributed by atoms with Crippen molar-refractivity contribution in [1.29, 1.82) is 0 Å². The number of nitrogens with one attached hydrogen (secondary N) is 1. The SMILES string of the molecule is Cc1ccccc1CCNC(=O)c1ccc(S(N)(=O)=O)o1. The number of nitrogens with two attached hydrogens (primary N) is 1. The number of hydrogen-bond acceptors (Lipinski definition) is 4. The third-order valence-electron chi connectivity index (χ3n) is 3.03. The molecule has 2 rings (SSSR count). The van der Waals surface area contributed by atoms with E-state index in [2.05, 4.69) is 5.32 Å². The van der Waals surface area contributed by atoms with Crippen LogP contribution in [0.25, 0.3) is 0 Å². The normalized spacial score (nSPS) is 11.3. The fraction of sp³-hybridized carbons (Fsp3) is 0.214. The van der Waals surface area contributed by atoms with E-state index >= 15 is 0 Å². The molecule has 21 heavy (non-hydrogen) atoms.